The lowest BCUT2D eigenvalue weighted by Gasteiger charge is -2.69. The van der Waals surface area contributed by atoms with Crippen molar-refractivity contribution in [1.29, 1.82) is 0 Å². The van der Waals surface area contributed by atoms with Crippen LogP contribution in [-0.4, -0.2) is 57.3 Å². The molecule has 1 heterocycles. The number of esters is 2. The Morgan fingerprint density at radius 2 is 1.66 bits per heavy atom. The number of hydrogen-bond donors (Lipinski definition) is 3. The van der Waals surface area contributed by atoms with Crippen molar-refractivity contribution in [2.75, 3.05) is 0 Å². The van der Waals surface area contributed by atoms with Crippen LogP contribution in [0.25, 0.3) is 0 Å². The van der Waals surface area contributed by atoms with Crippen molar-refractivity contribution in [3.63, 3.8) is 0 Å². The fourth-order valence-electron chi connectivity index (χ4n) is 10.3. The molecule has 11 atom stereocenters. The van der Waals surface area contributed by atoms with Crippen molar-refractivity contribution in [2.45, 2.75) is 130 Å². The molecule has 3 N–H and O–H groups in total. The lowest BCUT2D eigenvalue weighted by atomic mass is 9.36. The van der Waals surface area contributed by atoms with Crippen LogP contribution in [0.1, 0.15) is 99.8 Å². The Bertz CT molecular complexity index is 1030. The molecule has 214 valence electrons. The fourth-order valence-corrected chi connectivity index (χ4v) is 10.3. The van der Waals surface area contributed by atoms with E-state index in [0.29, 0.717) is 37.2 Å². The van der Waals surface area contributed by atoms with Crippen molar-refractivity contribution in [3.05, 3.63) is 11.1 Å². The van der Waals surface area contributed by atoms with E-state index in [4.69, 9.17) is 9.47 Å². The van der Waals surface area contributed by atoms with E-state index >= 15 is 0 Å². The van der Waals surface area contributed by atoms with Gasteiger partial charge in [-0.25, -0.2) is 4.79 Å². The van der Waals surface area contributed by atoms with Crippen LogP contribution in [0.3, 0.4) is 0 Å². The lowest BCUT2D eigenvalue weighted by molar-refractivity contribution is -0.234. The molecule has 7 nitrogen and oxygen atoms in total. The molecule has 0 aromatic carbocycles. The Morgan fingerprint density at radius 3 is 2.32 bits per heavy atom. The van der Waals surface area contributed by atoms with Gasteiger partial charge < -0.3 is 24.8 Å². The molecule has 4 saturated carbocycles. The summed E-state index contributed by atoms with van der Waals surface area (Å²) in [5.74, 6) is -0.365. The predicted molar refractivity (Wildman–Crippen MR) is 142 cm³/mol. The van der Waals surface area contributed by atoms with Crippen LogP contribution in [0.5, 0.6) is 0 Å². The monoisotopic (exact) mass is 532 g/mol. The van der Waals surface area contributed by atoms with Gasteiger partial charge in [-0.05, 0) is 111 Å². The molecule has 5 rings (SSSR count). The van der Waals surface area contributed by atoms with Gasteiger partial charge in [0.2, 0.25) is 0 Å². The number of aliphatic hydroxyl groups is 3. The minimum absolute atomic E-state index is 0.0501. The van der Waals surface area contributed by atoms with Crippen LogP contribution in [0.4, 0.5) is 0 Å². The molecule has 0 aromatic heterocycles. The summed E-state index contributed by atoms with van der Waals surface area (Å²) in [5.41, 5.74) is -0.323. The van der Waals surface area contributed by atoms with Crippen molar-refractivity contribution in [1.82, 2.24) is 0 Å². The zero-order chi connectivity index (χ0) is 28.0. The van der Waals surface area contributed by atoms with Gasteiger partial charge in [-0.1, -0.05) is 27.7 Å². The van der Waals surface area contributed by atoms with Gasteiger partial charge in [0.1, 0.15) is 11.7 Å². The molecule has 0 bridgehead atoms. The van der Waals surface area contributed by atoms with E-state index in [9.17, 15) is 24.9 Å². The smallest absolute Gasteiger partial charge is 0.334 e. The maximum Gasteiger partial charge on any atom is 0.334 e. The van der Waals surface area contributed by atoms with Gasteiger partial charge in [-0.15, -0.1) is 0 Å². The van der Waals surface area contributed by atoms with Crippen molar-refractivity contribution in [2.24, 2.45) is 39.9 Å². The molecule has 38 heavy (non-hydrogen) atoms. The summed E-state index contributed by atoms with van der Waals surface area (Å²) in [4.78, 5) is 25.8. The van der Waals surface area contributed by atoms with E-state index in [1.807, 2.05) is 0 Å². The van der Waals surface area contributed by atoms with Crippen LogP contribution in [0.2, 0.25) is 0 Å². The zero-order valence-corrected chi connectivity index (χ0v) is 24.3. The quantitative estimate of drug-likeness (QED) is 0.341. The van der Waals surface area contributed by atoms with Gasteiger partial charge in [0.15, 0.2) is 0 Å². The molecule has 1 saturated heterocycles. The third kappa shape index (κ3) is 3.85. The van der Waals surface area contributed by atoms with Crippen LogP contribution >= 0.6 is 0 Å². The first-order valence-corrected chi connectivity index (χ1v) is 14.7. The number of carbonyl (C=O) groups excluding carboxylic acids is 2. The second kappa shape index (κ2) is 9.04. The minimum atomic E-state index is -1.00. The normalized spacial score (nSPS) is 52.2. The van der Waals surface area contributed by atoms with E-state index in [1.54, 1.807) is 13.8 Å². The molecular weight excluding hydrogens is 484 g/mol. The topological polar surface area (TPSA) is 113 Å². The molecule has 7 heteroatoms. The summed E-state index contributed by atoms with van der Waals surface area (Å²) < 4.78 is 11.7. The highest BCUT2D eigenvalue weighted by Crippen LogP contribution is 2.74. The number of carbonyl (C=O) groups is 2. The second-order valence-corrected chi connectivity index (χ2v) is 14.6. The Kier molecular flexibility index (Phi) is 6.68. The number of aliphatic hydroxyl groups excluding tert-OH is 3. The molecule has 4 unspecified atom stereocenters. The van der Waals surface area contributed by atoms with E-state index in [0.717, 1.165) is 31.3 Å². The highest BCUT2D eigenvalue weighted by Gasteiger charge is 2.71. The van der Waals surface area contributed by atoms with Gasteiger partial charge in [0.25, 0.3) is 0 Å². The zero-order valence-electron chi connectivity index (χ0n) is 24.3. The third-order valence-corrected chi connectivity index (χ3v) is 12.4. The second-order valence-electron chi connectivity index (χ2n) is 14.6. The summed E-state index contributed by atoms with van der Waals surface area (Å²) in [6.45, 7) is 14.0. The summed E-state index contributed by atoms with van der Waals surface area (Å²) in [6.07, 6.45) is 3.21. The van der Waals surface area contributed by atoms with E-state index in [1.165, 1.54) is 6.92 Å². The van der Waals surface area contributed by atoms with Crippen LogP contribution in [-0.2, 0) is 19.1 Å². The number of ether oxygens (including phenoxy) is 2. The maximum atomic E-state index is 13.5. The van der Waals surface area contributed by atoms with Gasteiger partial charge in [0, 0.05) is 12.5 Å². The average Bonchev–Trinajstić information content (AvgIpc) is 3.02. The molecule has 0 radical (unpaired) electrons. The SMILES string of the molecule is CC(=O)O[C@H]1C[C@@]2(C)C(C[C@@H](O)C3[C@@]4(C)CC[C@@H](O)[C@@H](C)C4CC[C@@]32C)/C1=C1\CCC(O)C(C)(C)OC1=O. The first-order chi connectivity index (χ1) is 17.6. The standard InChI is InChI=1S/C31H48O7/c1-16-19-10-13-30(6)26(29(19,5)12-11-21(16)33)22(34)14-20-25(23(37-17(2)32)15-31(20,30)7)18-8-9-24(35)28(3,4)38-27(18)36/h16,19-24,26,33-35H,8-15H2,1-7H3/b25-18-/t16-,19?,20?,21+,22+,23-,24?,26?,29-,30-,31-/m0/s1. The van der Waals surface area contributed by atoms with Crippen molar-refractivity contribution < 1.29 is 34.4 Å². The Balaban J connectivity index is 1.61. The van der Waals surface area contributed by atoms with Gasteiger partial charge in [0.05, 0.1) is 18.3 Å². The van der Waals surface area contributed by atoms with Crippen molar-refractivity contribution in [3.8, 4) is 0 Å². The molecule has 0 aromatic rings. The Labute approximate surface area is 227 Å². The van der Waals surface area contributed by atoms with E-state index in [-0.39, 0.29) is 46.1 Å². The Morgan fingerprint density at radius 1 is 0.974 bits per heavy atom. The van der Waals surface area contributed by atoms with E-state index in [2.05, 4.69) is 27.7 Å². The number of rotatable bonds is 1. The van der Waals surface area contributed by atoms with E-state index < -0.39 is 29.9 Å². The highest BCUT2D eigenvalue weighted by molar-refractivity contribution is 5.90. The van der Waals surface area contributed by atoms with Gasteiger partial charge in [-0.2, -0.15) is 0 Å². The van der Waals surface area contributed by atoms with Crippen LogP contribution in [0.15, 0.2) is 11.1 Å². The fraction of sp³-hybridized carbons (Fsp3) is 0.871. The van der Waals surface area contributed by atoms with Crippen LogP contribution < -0.4 is 0 Å². The van der Waals surface area contributed by atoms with Crippen LogP contribution in [0, 0.1) is 39.9 Å². The summed E-state index contributed by atoms with van der Waals surface area (Å²) >= 11 is 0. The first-order valence-electron chi connectivity index (χ1n) is 14.7. The molecule has 1 aliphatic heterocycles. The minimum Gasteiger partial charge on any atom is -0.458 e. The lowest BCUT2D eigenvalue weighted by Crippen LogP contribution is -2.65. The maximum absolute atomic E-state index is 13.5. The summed E-state index contributed by atoms with van der Waals surface area (Å²) in [7, 11) is 0. The molecule has 5 fully saturated rings. The molecule has 0 amide bonds. The van der Waals surface area contributed by atoms with Gasteiger partial charge >= 0.3 is 11.9 Å². The summed E-state index contributed by atoms with van der Waals surface area (Å²) in [5, 5.41) is 33.3. The predicted octanol–water partition coefficient (Wildman–Crippen LogP) is 4.31. The number of cyclic esters (lactones) is 1. The summed E-state index contributed by atoms with van der Waals surface area (Å²) in [6, 6.07) is 0. The molecule has 5 aliphatic rings. The number of hydrogen-bond acceptors (Lipinski definition) is 7. The first kappa shape index (κ1) is 28.1. The highest BCUT2D eigenvalue weighted by atomic mass is 16.6. The van der Waals surface area contributed by atoms with Crippen molar-refractivity contribution >= 4 is 11.9 Å². The molecule has 0 spiro atoms. The Hall–Kier alpha value is -1.44. The largest absolute Gasteiger partial charge is 0.458 e. The molecule has 4 aliphatic carbocycles. The average molecular weight is 533 g/mol. The molecular formula is C31H48O7. The number of fused-ring (bicyclic) bond motifs is 5. The van der Waals surface area contributed by atoms with Gasteiger partial charge in [-0.3, -0.25) is 4.79 Å². The third-order valence-electron chi connectivity index (χ3n) is 12.4.